The van der Waals surface area contributed by atoms with Gasteiger partial charge in [0, 0.05) is 37.5 Å². The Morgan fingerprint density at radius 2 is 2.07 bits per heavy atom. The summed E-state index contributed by atoms with van der Waals surface area (Å²) in [6.45, 7) is 5.43. The van der Waals surface area contributed by atoms with E-state index in [1.807, 2.05) is 11.8 Å². The Balaban J connectivity index is 1.43. The summed E-state index contributed by atoms with van der Waals surface area (Å²) in [6, 6.07) is 8.64. The zero-order valence-corrected chi connectivity index (χ0v) is 17.0. The summed E-state index contributed by atoms with van der Waals surface area (Å²) in [5.74, 6) is 0.638. The number of hydrogen-bond donors (Lipinski definition) is 2. The number of fused-ring (bicyclic) bond motifs is 1. The SMILES string of the molecule is CCNC(=NCCC(=O)N1CCc2sccc2C1)NCCc1ccc(F)cc1. The van der Waals surface area contributed by atoms with Gasteiger partial charge in [0.25, 0.3) is 0 Å². The summed E-state index contributed by atoms with van der Waals surface area (Å²) in [4.78, 5) is 20.3. The van der Waals surface area contributed by atoms with E-state index >= 15 is 0 Å². The quantitative estimate of drug-likeness (QED) is 0.553. The average molecular weight is 403 g/mol. The summed E-state index contributed by atoms with van der Waals surface area (Å²) < 4.78 is 13.0. The summed E-state index contributed by atoms with van der Waals surface area (Å²) >= 11 is 1.78. The van der Waals surface area contributed by atoms with E-state index in [0.717, 1.165) is 38.0 Å². The molecule has 1 aliphatic rings. The number of nitrogens with one attached hydrogen (secondary N) is 2. The molecule has 2 heterocycles. The molecule has 1 aromatic carbocycles. The molecule has 1 aliphatic heterocycles. The lowest BCUT2D eigenvalue weighted by molar-refractivity contribution is -0.131. The van der Waals surface area contributed by atoms with E-state index in [9.17, 15) is 9.18 Å². The van der Waals surface area contributed by atoms with Crippen molar-refractivity contribution in [3.05, 3.63) is 57.5 Å². The third-order valence-corrected chi connectivity index (χ3v) is 5.74. The summed E-state index contributed by atoms with van der Waals surface area (Å²) in [6.07, 6.45) is 2.14. The van der Waals surface area contributed by atoms with Crippen molar-refractivity contribution in [2.75, 3.05) is 26.2 Å². The van der Waals surface area contributed by atoms with Gasteiger partial charge in [0.15, 0.2) is 5.96 Å². The highest BCUT2D eigenvalue weighted by Crippen LogP contribution is 2.24. The number of rotatable bonds is 7. The van der Waals surface area contributed by atoms with Gasteiger partial charge in [-0.05, 0) is 54.5 Å². The van der Waals surface area contributed by atoms with Crippen LogP contribution < -0.4 is 10.6 Å². The molecule has 28 heavy (non-hydrogen) atoms. The third-order valence-electron chi connectivity index (χ3n) is 4.72. The number of guanidine groups is 1. The minimum absolute atomic E-state index is 0.155. The maximum Gasteiger partial charge on any atom is 0.224 e. The van der Waals surface area contributed by atoms with Crippen molar-refractivity contribution in [2.24, 2.45) is 4.99 Å². The van der Waals surface area contributed by atoms with Crippen LogP contribution in [0.25, 0.3) is 0 Å². The van der Waals surface area contributed by atoms with Crippen LogP contribution in [0.5, 0.6) is 0 Å². The molecule has 7 heteroatoms. The zero-order chi connectivity index (χ0) is 19.8. The predicted octanol–water partition coefficient (Wildman–Crippen LogP) is 2.96. The minimum Gasteiger partial charge on any atom is -0.357 e. The molecule has 0 spiro atoms. The molecule has 5 nitrogen and oxygen atoms in total. The van der Waals surface area contributed by atoms with Crippen LogP contribution in [-0.4, -0.2) is 42.9 Å². The number of thiophene rings is 1. The van der Waals surface area contributed by atoms with E-state index < -0.39 is 0 Å². The molecule has 0 fully saturated rings. The second-order valence-electron chi connectivity index (χ2n) is 6.75. The Morgan fingerprint density at radius 1 is 1.25 bits per heavy atom. The number of benzene rings is 1. The predicted molar refractivity (Wildman–Crippen MR) is 112 cm³/mol. The molecule has 0 unspecified atom stereocenters. The highest BCUT2D eigenvalue weighted by Gasteiger charge is 2.20. The zero-order valence-electron chi connectivity index (χ0n) is 16.2. The second kappa shape index (κ2) is 10.2. The van der Waals surface area contributed by atoms with E-state index in [4.69, 9.17) is 0 Å². The first-order chi connectivity index (χ1) is 13.7. The lowest BCUT2D eigenvalue weighted by Crippen LogP contribution is -2.39. The molecule has 0 radical (unpaired) electrons. The Kier molecular flexibility index (Phi) is 7.42. The van der Waals surface area contributed by atoms with E-state index in [1.165, 1.54) is 22.6 Å². The van der Waals surface area contributed by atoms with Gasteiger partial charge in [-0.1, -0.05) is 12.1 Å². The number of carbonyl (C=O) groups excluding carboxylic acids is 1. The lowest BCUT2D eigenvalue weighted by atomic mass is 10.1. The molecule has 1 amide bonds. The fourth-order valence-electron chi connectivity index (χ4n) is 3.20. The van der Waals surface area contributed by atoms with E-state index in [-0.39, 0.29) is 11.7 Å². The molecule has 0 aliphatic carbocycles. The first-order valence-corrected chi connectivity index (χ1v) is 10.6. The van der Waals surface area contributed by atoms with Crippen LogP contribution in [-0.2, 0) is 24.2 Å². The number of hydrogen-bond acceptors (Lipinski definition) is 3. The molecule has 0 saturated heterocycles. The Morgan fingerprint density at radius 3 is 2.86 bits per heavy atom. The van der Waals surface area contributed by atoms with Crippen molar-refractivity contribution in [3.63, 3.8) is 0 Å². The number of halogens is 1. The average Bonchev–Trinajstić information content (AvgIpc) is 3.17. The second-order valence-corrected chi connectivity index (χ2v) is 7.75. The first-order valence-electron chi connectivity index (χ1n) is 9.75. The molecule has 3 rings (SSSR count). The highest BCUT2D eigenvalue weighted by atomic mass is 32.1. The molecule has 0 atom stereocenters. The van der Waals surface area contributed by atoms with Crippen LogP contribution in [0.3, 0.4) is 0 Å². The Labute approximate surface area is 169 Å². The standard InChI is InChI=1S/C21H27FN4OS/c1-2-23-21(24-11-7-16-3-5-18(22)6-4-16)25-12-8-20(27)26-13-9-19-17(15-26)10-14-28-19/h3-6,10,14H,2,7-9,11-13,15H2,1H3,(H2,23,24,25). The molecule has 2 N–H and O–H groups in total. The smallest absolute Gasteiger partial charge is 0.224 e. The number of amides is 1. The van der Waals surface area contributed by atoms with Gasteiger partial charge in [0.2, 0.25) is 5.91 Å². The van der Waals surface area contributed by atoms with Crippen LogP contribution >= 0.6 is 11.3 Å². The minimum atomic E-state index is -0.222. The van der Waals surface area contributed by atoms with Crippen molar-refractivity contribution in [1.29, 1.82) is 0 Å². The maximum absolute atomic E-state index is 13.0. The van der Waals surface area contributed by atoms with E-state index in [2.05, 4.69) is 27.1 Å². The molecular formula is C21H27FN4OS. The van der Waals surface area contributed by atoms with Gasteiger partial charge >= 0.3 is 0 Å². The van der Waals surface area contributed by atoms with Crippen LogP contribution in [0.4, 0.5) is 4.39 Å². The van der Waals surface area contributed by atoms with Crippen molar-refractivity contribution in [2.45, 2.75) is 32.7 Å². The van der Waals surface area contributed by atoms with Crippen LogP contribution in [0, 0.1) is 5.82 Å². The van der Waals surface area contributed by atoms with E-state index in [1.54, 1.807) is 23.5 Å². The molecule has 150 valence electrons. The Bertz CT molecular complexity index is 803. The van der Waals surface area contributed by atoms with Gasteiger partial charge in [0.05, 0.1) is 6.54 Å². The summed E-state index contributed by atoms with van der Waals surface area (Å²) in [7, 11) is 0. The van der Waals surface area contributed by atoms with Crippen molar-refractivity contribution in [1.82, 2.24) is 15.5 Å². The van der Waals surface area contributed by atoms with Crippen LogP contribution in [0.15, 0.2) is 40.7 Å². The topological polar surface area (TPSA) is 56.7 Å². The highest BCUT2D eigenvalue weighted by molar-refractivity contribution is 7.10. The summed E-state index contributed by atoms with van der Waals surface area (Å²) in [5, 5.41) is 8.56. The Hall–Kier alpha value is -2.41. The third kappa shape index (κ3) is 5.79. The normalized spacial score (nSPS) is 13.9. The van der Waals surface area contributed by atoms with Crippen molar-refractivity contribution >= 4 is 23.2 Å². The monoisotopic (exact) mass is 402 g/mol. The van der Waals surface area contributed by atoms with Crippen LogP contribution in [0.1, 0.15) is 29.3 Å². The largest absolute Gasteiger partial charge is 0.357 e. The molecule has 1 aromatic heterocycles. The first kappa shape index (κ1) is 20.3. The number of carbonyl (C=O) groups is 1. The van der Waals surface area contributed by atoms with Gasteiger partial charge in [-0.3, -0.25) is 9.79 Å². The van der Waals surface area contributed by atoms with Gasteiger partial charge in [-0.25, -0.2) is 4.39 Å². The van der Waals surface area contributed by atoms with Crippen molar-refractivity contribution < 1.29 is 9.18 Å². The molecule has 2 aromatic rings. The lowest BCUT2D eigenvalue weighted by Gasteiger charge is -2.26. The molecular weight excluding hydrogens is 375 g/mol. The maximum atomic E-state index is 13.0. The van der Waals surface area contributed by atoms with Gasteiger partial charge in [0.1, 0.15) is 5.82 Å². The number of aliphatic imine (C=N–C) groups is 1. The molecule has 0 saturated carbocycles. The van der Waals surface area contributed by atoms with E-state index in [0.29, 0.717) is 25.5 Å². The van der Waals surface area contributed by atoms with Gasteiger partial charge in [-0.2, -0.15) is 0 Å². The fraction of sp³-hybridized carbons (Fsp3) is 0.429. The molecule has 0 bridgehead atoms. The fourth-order valence-corrected chi connectivity index (χ4v) is 4.09. The van der Waals surface area contributed by atoms with Crippen LogP contribution in [0.2, 0.25) is 0 Å². The number of nitrogens with zero attached hydrogens (tertiary/aromatic N) is 2. The van der Waals surface area contributed by atoms with Gasteiger partial charge in [-0.15, -0.1) is 11.3 Å². The van der Waals surface area contributed by atoms with Crippen molar-refractivity contribution in [3.8, 4) is 0 Å². The summed E-state index contributed by atoms with van der Waals surface area (Å²) in [5.41, 5.74) is 2.35. The van der Waals surface area contributed by atoms with Gasteiger partial charge < -0.3 is 15.5 Å².